The summed E-state index contributed by atoms with van der Waals surface area (Å²) in [7, 11) is 0. The Morgan fingerprint density at radius 3 is 1.61 bits per heavy atom. The molecule has 0 radical (unpaired) electrons. The summed E-state index contributed by atoms with van der Waals surface area (Å²) in [6.07, 6.45) is 0. The van der Waals surface area contributed by atoms with Crippen LogP contribution in [0.15, 0.2) is 227 Å². The fourth-order valence-electron chi connectivity index (χ4n) is 10.7. The quantitative estimate of drug-likeness (QED) is 0.166. The zero-order chi connectivity index (χ0) is 45.9. The second-order valence-corrected chi connectivity index (χ2v) is 19.0. The van der Waals surface area contributed by atoms with Crippen molar-refractivity contribution < 1.29 is 8.83 Å². The van der Waals surface area contributed by atoms with Gasteiger partial charge in [-0.15, -0.1) is 11.3 Å². The summed E-state index contributed by atoms with van der Waals surface area (Å²) in [6.45, 7) is 0. The van der Waals surface area contributed by atoms with Crippen LogP contribution in [-0.2, 0) is 0 Å². The van der Waals surface area contributed by atoms with Crippen LogP contribution < -0.4 is 0 Å². The lowest BCUT2D eigenvalue weighted by Crippen LogP contribution is -2.01. The van der Waals surface area contributed by atoms with Gasteiger partial charge in [-0.3, -0.25) is 0 Å². The third-order valence-corrected chi connectivity index (χ3v) is 15.0. The van der Waals surface area contributed by atoms with Gasteiger partial charge in [-0.05, 0) is 95.1 Å². The zero-order valence-electron chi connectivity index (χ0n) is 37.3. The van der Waals surface area contributed by atoms with Gasteiger partial charge in [0.25, 0.3) is 0 Å². The van der Waals surface area contributed by atoms with Crippen LogP contribution in [0.4, 0.5) is 0 Å². The lowest BCUT2D eigenvalue weighted by molar-refractivity contribution is 0.669. The molecule has 70 heavy (non-hydrogen) atoms. The third-order valence-electron chi connectivity index (χ3n) is 13.9. The number of fused-ring (bicyclic) bond motifs is 12. The molecule has 10 aromatic carbocycles. The fourth-order valence-corrected chi connectivity index (χ4v) is 11.8. The summed E-state index contributed by atoms with van der Waals surface area (Å²) in [5.74, 6) is 1.74. The van der Waals surface area contributed by atoms with Crippen LogP contribution in [0.1, 0.15) is 0 Å². The van der Waals surface area contributed by atoms with Crippen molar-refractivity contribution >= 4 is 97.2 Å². The molecule has 5 aromatic heterocycles. The molecule has 6 nitrogen and oxygen atoms in total. The number of rotatable bonds is 6. The molecular weight excluding hydrogens is 877 g/mol. The van der Waals surface area contributed by atoms with Crippen LogP contribution in [0.5, 0.6) is 0 Å². The van der Waals surface area contributed by atoms with E-state index < -0.39 is 0 Å². The Balaban J connectivity index is 0.882. The van der Waals surface area contributed by atoms with E-state index >= 15 is 0 Å². The highest BCUT2D eigenvalue weighted by Gasteiger charge is 2.21. The van der Waals surface area contributed by atoms with Crippen LogP contribution >= 0.6 is 11.3 Å². The van der Waals surface area contributed by atoms with Gasteiger partial charge in [0.15, 0.2) is 17.5 Å². The molecule has 0 spiro atoms. The van der Waals surface area contributed by atoms with Crippen molar-refractivity contribution in [3.63, 3.8) is 0 Å². The Morgan fingerprint density at radius 2 is 0.857 bits per heavy atom. The van der Waals surface area contributed by atoms with Gasteiger partial charge >= 0.3 is 0 Å². The van der Waals surface area contributed by atoms with Crippen LogP contribution in [0.25, 0.3) is 148 Å². The van der Waals surface area contributed by atoms with E-state index in [2.05, 4.69) is 180 Å². The fraction of sp³-hybridized carbons (Fsp3) is 0. The molecule has 7 heteroatoms. The van der Waals surface area contributed by atoms with Crippen molar-refractivity contribution in [3.05, 3.63) is 218 Å². The van der Waals surface area contributed by atoms with Gasteiger partial charge in [0.1, 0.15) is 22.3 Å². The van der Waals surface area contributed by atoms with Gasteiger partial charge < -0.3 is 13.4 Å². The van der Waals surface area contributed by atoms with Crippen LogP contribution in [0.2, 0.25) is 0 Å². The first-order valence-electron chi connectivity index (χ1n) is 23.4. The van der Waals surface area contributed by atoms with Gasteiger partial charge in [0.2, 0.25) is 0 Å². The highest BCUT2D eigenvalue weighted by atomic mass is 32.1. The van der Waals surface area contributed by atoms with Crippen LogP contribution in [0, 0.1) is 0 Å². The van der Waals surface area contributed by atoms with Crippen molar-refractivity contribution in [2.75, 3.05) is 0 Å². The molecule has 5 heterocycles. The second kappa shape index (κ2) is 15.2. The predicted octanol–water partition coefficient (Wildman–Crippen LogP) is 17.5. The number of aromatic nitrogens is 4. The minimum absolute atomic E-state index is 0.564. The Labute approximate surface area is 404 Å². The molecule has 15 aromatic rings. The molecule has 0 amide bonds. The molecule has 0 N–H and O–H groups in total. The Bertz CT molecular complexity index is 4560. The van der Waals surface area contributed by atoms with E-state index in [9.17, 15) is 0 Å². The topological polar surface area (TPSA) is 69.9 Å². The van der Waals surface area contributed by atoms with Crippen LogP contribution in [-0.4, -0.2) is 19.5 Å². The molecule has 0 aliphatic carbocycles. The largest absolute Gasteiger partial charge is 0.456 e. The summed E-state index contributed by atoms with van der Waals surface area (Å²) in [6, 6.07) is 76.7. The normalized spacial score (nSPS) is 12.0. The van der Waals surface area contributed by atoms with E-state index in [-0.39, 0.29) is 0 Å². The monoisotopic (exact) mass is 912 g/mol. The van der Waals surface area contributed by atoms with Crippen molar-refractivity contribution in [3.8, 4) is 62.1 Å². The smallest absolute Gasteiger partial charge is 0.164 e. The van der Waals surface area contributed by atoms with E-state index in [1.807, 2.05) is 53.8 Å². The number of thiophene rings is 1. The van der Waals surface area contributed by atoms with Crippen LogP contribution in [0.3, 0.4) is 0 Å². The molecule has 0 bridgehead atoms. The Hall–Kier alpha value is -9.17. The first-order chi connectivity index (χ1) is 34.7. The Kier molecular flexibility index (Phi) is 8.43. The molecule has 0 fully saturated rings. The van der Waals surface area contributed by atoms with E-state index in [1.54, 1.807) is 0 Å². The first kappa shape index (κ1) is 38.9. The van der Waals surface area contributed by atoms with Gasteiger partial charge in [0.05, 0.1) is 11.0 Å². The molecule has 0 saturated heterocycles. The van der Waals surface area contributed by atoms with Crippen molar-refractivity contribution in [1.82, 2.24) is 19.5 Å². The van der Waals surface area contributed by atoms with E-state index in [0.29, 0.717) is 17.5 Å². The molecule has 15 rings (SSSR count). The average Bonchev–Trinajstić information content (AvgIpc) is 4.19. The summed E-state index contributed by atoms with van der Waals surface area (Å²) in [4.78, 5) is 15.7. The highest BCUT2D eigenvalue weighted by Crippen LogP contribution is 2.44. The summed E-state index contributed by atoms with van der Waals surface area (Å²) in [5.41, 5.74) is 13.7. The number of para-hydroxylation sites is 2. The molecule has 0 unspecified atom stereocenters. The average molecular weight is 913 g/mol. The standard InChI is InChI=1S/C63H36N4O2S/c1-2-13-37(14-3-1)61-64-62(41-15-10-16-42(33-41)67-51-22-7-4-17-44(51)45-18-5-8-23-52(45)67)66-63(65-61)48-21-12-25-56-60(48)50-35-40(29-32-54(50)69-56)43-20-11-24-55-59(43)49-34-38(28-31-53(49)68-55)39-27-30-47-46-19-6-9-26-57(46)70-58(47)36-39/h1-36H. The highest BCUT2D eigenvalue weighted by molar-refractivity contribution is 7.25. The number of furan rings is 2. The number of hydrogen-bond acceptors (Lipinski definition) is 6. The zero-order valence-corrected chi connectivity index (χ0v) is 38.1. The van der Waals surface area contributed by atoms with E-state index in [1.165, 1.54) is 36.5 Å². The number of nitrogens with zero attached hydrogens (tertiary/aromatic N) is 4. The van der Waals surface area contributed by atoms with Crippen molar-refractivity contribution in [1.29, 1.82) is 0 Å². The maximum absolute atomic E-state index is 6.63. The van der Waals surface area contributed by atoms with Gasteiger partial charge in [0, 0.05) is 74.9 Å². The summed E-state index contributed by atoms with van der Waals surface area (Å²) >= 11 is 1.84. The lowest BCUT2D eigenvalue weighted by Gasteiger charge is -2.12. The number of hydrogen-bond donors (Lipinski definition) is 0. The molecule has 0 aliphatic rings. The maximum atomic E-state index is 6.63. The SMILES string of the molecule is c1ccc(-c2nc(-c3cccc(-n4c5ccccc5c5ccccc54)c3)nc(-c3cccc4oc5ccc(-c6cccc7oc8ccc(-c9ccc%10c(c9)sc9ccccc9%10)cc8c67)cc5c34)n2)cc1. The van der Waals surface area contributed by atoms with Crippen molar-refractivity contribution in [2.24, 2.45) is 0 Å². The first-order valence-corrected chi connectivity index (χ1v) is 24.2. The lowest BCUT2D eigenvalue weighted by atomic mass is 9.95. The van der Waals surface area contributed by atoms with Gasteiger partial charge in [-0.1, -0.05) is 146 Å². The third kappa shape index (κ3) is 6.02. The second-order valence-electron chi connectivity index (χ2n) is 17.9. The summed E-state index contributed by atoms with van der Waals surface area (Å²) in [5, 5.41) is 9.08. The molecule has 0 saturated carbocycles. The molecule has 0 atom stereocenters. The minimum Gasteiger partial charge on any atom is -0.456 e. The van der Waals surface area contributed by atoms with E-state index in [0.717, 1.165) is 94.0 Å². The van der Waals surface area contributed by atoms with Gasteiger partial charge in [-0.2, -0.15) is 0 Å². The van der Waals surface area contributed by atoms with Crippen molar-refractivity contribution in [2.45, 2.75) is 0 Å². The summed E-state index contributed by atoms with van der Waals surface area (Å²) < 4.78 is 18.1. The minimum atomic E-state index is 0.564. The van der Waals surface area contributed by atoms with E-state index in [4.69, 9.17) is 23.8 Å². The van der Waals surface area contributed by atoms with Gasteiger partial charge in [-0.25, -0.2) is 15.0 Å². The maximum Gasteiger partial charge on any atom is 0.164 e. The predicted molar refractivity (Wildman–Crippen MR) is 289 cm³/mol. The number of benzene rings is 10. The molecule has 0 aliphatic heterocycles. The molecular formula is C63H36N4O2S. The molecule has 326 valence electrons. The Morgan fingerprint density at radius 1 is 0.314 bits per heavy atom.